The predicted octanol–water partition coefficient (Wildman–Crippen LogP) is 1.95. The van der Waals surface area contributed by atoms with Crippen molar-refractivity contribution in [2.75, 3.05) is 47.6 Å². The summed E-state index contributed by atoms with van der Waals surface area (Å²) in [5.41, 5.74) is 1.02. The van der Waals surface area contributed by atoms with Crippen molar-refractivity contribution in [3.63, 3.8) is 0 Å². The molecule has 0 aliphatic heterocycles. The van der Waals surface area contributed by atoms with Gasteiger partial charge in [0.1, 0.15) is 30.8 Å². The van der Waals surface area contributed by atoms with Gasteiger partial charge in [0.05, 0.1) is 20.8 Å². The number of aliphatic hydroxyl groups excluding tert-OH is 2. The molecule has 2 N–H and O–H groups in total. The van der Waals surface area contributed by atoms with E-state index in [4.69, 9.17) is 24.1 Å². The first-order chi connectivity index (χ1) is 13.5. The number of nitrogens with zero attached hydrogens (tertiary/aromatic N) is 1. The van der Waals surface area contributed by atoms with Gasteiger partial charge in [-0.1, -0.05) is 12.1 Å². The smallest absolute Gasteiger partial charge is 0.161 e. The molecule has 2 rings (SSSR count). The van der Waals surface area contributed by atoms with E-state index in [9.17, 15) is 5.11 Å². The van der Waals surface area contributed by atoms with Crippen LogP contribution >= 0.6 is 0 Å². The topological polar surface area (TPSA) is 80.6 Å². The van der Waals surface area contributed by atoms with Crippen LogP contribution in [0.5, 0.6) is 23.0 Å². The second-order valence-electron chi connectivity index (χ2n) is 6.40. The summed E-state index contributed by atoms with van der Waals surface area (Å²) in [6.07, 6.45) is -0.634. The Labute approximate surface area is 166 Å². The first-order valence-corrected chi connectivity index (χ1v) is 9.09. The number of hydrogen-bond acceptors (Lipinski definition) is 7. The number of aliphatic hydroxyl groups is 2. The van der Waals surface area contributed by atoms with Gasteiger partial charge in [-0.2, -0.15) is 0 Å². The fourth-order valence-corrected chi connectivity index (χ4v) is 2.76. The summed E-state index contributed by atoms with van der Waals surface area (Å²) in [7, 11) is 5.11. The minimum atomic E-state index is -0.634. The molecule has 0 aromatic heterocycles. The summed E-state index contributed by atoms with van der Waals surface area (Å²) in [5, 5.41) is 19.1. The standard InChI is InChI=1S/C21H29NO6/c1-22(13-16-7-8-20(27-10-9-23)21(11-16)26-3)14-17(24)15-28-19-6-4-5-18(12-19)25-2/h4-8,11-12,17,23-24H,9-10,13-15H2,1-3H3/t17-/m1/s1. The van der Waals surface area contributed by atoms with Crippen LogP contribution in [0.2, 0.25) is 0 Å². The molecule has 0 saturated heterocycles. The molecular weight excluding hydrogens is 362 g/mol. The highest BCUT2D eigenvalue weighted by molar-refractivity contribution is 5.43. The highest BCUT2D eigenvalue weighted by Gasteiger charge is 2.12. The molecule has 0 saturated carbocycles. The van der Waals surface area contributed by atoms with Crippen molar-refractivity contribution in [3.05, 3.63) is 48.0 Å². The summed E-state index contributed by atoms with van der Waals surface area (Å²) in [6, 6.07) is 12.9. The maximum Gasteiger partial charge on any atom is 0.161 e. The van der Waals surface area contributed by atoms with Gasteiger partial charge in [0, 0.05) is 19.2 Å². The molecule has 0 spiro atoms. The SMILES string of the molecule is COc1cccc(OC[C@H](O)CN(C)Cc2ccc(OCCO)c(OC)c2)c1. The quantitative estimate of drug-likeness (QED) is 0.572. The summed E-state index contributed by atoms with van der Waals surface area (Å²) >= 11 is 0. The minimum absolute atomic E-state index is 0.0522. The van der Waals surface area contributed by atoms with Crippen LogP contribution in [0.25, 0.3) is 0 Å². The molecule has 0 heterocycles. The first kappa shape index (κ1) is 21.8. The van der Waals surface area contributed by atoms with Gasteiger partial charge in [0.2, 0.25) is 0 Å². The van der Waals surface area contributed by atoms with Gasteiger partial charge in [-0.05, 0) is 36.9 Å². The van der Waals surface area contributed by atoms with Gasteiger partial charge in [-0.15, -0.1) is 0 Å². The summed E-state index contributed by atoms with van der Waals surface area (Å²) in [4.78, 5) is 2.00. The van der Waals surface area contributed by atoms with E-state index in [1.165, 1.54) is 0 Å². The summed E-state index contributed by atoms with van der Waals surface area (Å²) < 4.78 is 21.6. The zero-order valence-electron chi connectivity index (χ0n) is 16.6. The molecule has 0 radical (unpaired) electrons. The maximum absolute atomic E-state index is 10.3. The van der Waals surface area contributed by atoms with Gasteiger partial charge < -0.3 is 29.2 Å². The second kappa shape index (κ2) is 11.4. The first-order valence-electron chi connectivity index (χ1n) is 9.09. The van der Waals surface area contributed by atoms with Crippen LogP contribution in [0.15, 0.2) is 42.5 Å². The predicted molar refractivity (Wildman–Crippen MR) is 106 cm³/mol. The molecule has 0 unspecified atom stereocenters. The van der Waals surface area contributed by atoms with Gasteiger partial charge in [0.15, 0.2) is 11.5 Å². The Morgan fingerprint density at radius 1 is 0.964 bits per heavy atom. The van der Waals surface area contributed by atoms with Crippen LogP contribution in [0, 0.1) is 0 Å². The molecule has 154 valence electrons. The van der Waals surface area contributed by atoms with E-state index in [-0.39, 0.29) is 19.8 Å². The number of likely N-dealkylation sites (N-methyl/N-ethyl adjacent to an activating group) is 1. The fourth-order valence-electron chi connectivity index (χ4n) is 2.76. The van der Waals surface area contributed by atoms with Crippen LogP contribution in [-0.2, 0) is 6.54 Å². The van der Waals surface area contributed by atoms with E-state index in [0.717, 1.165) is 5.56 Å². The molecule has 2 aromatic carbocycles. The Morgan fingerprint density at radius 2 is 1.75 bits per heavy atom. The van der Waals surface area contributed by atoms with Crippen molar-refractivity contribution >= 4 is 0 Å². The van der Waals surface area contributed by atoms with E-state index in [2.05, 4.69) is 0 Å². The lowest BCUT2D eigenvalue weighted by Gasteiger charge is -2.21. The Hall–Kier alpha value is -2.48. The van der Waals surface area contributed by atoms with Gasteiger partial charge in [-0.3, -0.25) is 4.90 Å². The van der Waals surface area contributed by atoms with Crippen molar-refractivity contribution in [1.29, 1.82) is 0 Å². The lowest BCUT2D eigenvalue weighted by atomic mass is 10.2. The lowest BCUT2D eigenvalue weighted by Crippen LogP contribution is -2.32. The molecule has 1 atom stereocenters. The Bertz CT molecular complexity index is 724. The van der Waals surface area contributed by atoms with Crippen LogP contribution in [0.3, 0.4) is 0 Å². The normalized spacial score (nSPS) is 11.9. The average Bonchev–Trinajstić information content (AvgIpc) is 2.71. The highest BCUT2D eigenvalue weighted by atomic mass is 16.5. The van der Waals surface area contributed by atoms with Gasteiger partial charge in [0.25, 0.3) is 0 Å². The third-order valence-corrected chi connectivity index (χ3v) is 4.04. The van der Waals surface area contributed by atoms with Crippen molar-refractivity contribution in [1.82, 2.24) is 4.90 Å². The van der Waals surface area contributed by atoms with E-state index in [1.807, 2.05) is 48.3 Å². The van der Waals surface area contributed by atoms with E-state index in [1.54, 1.807) is 20.3 Å². The number of benzene rings is 2. The zero-order valence-corrected chi connectivity index (χ0v) is 16.6. The molecule has 0 aliphatic rings. The number of methoxy groups -OCH3 is 2. The number of ether oxygens (including phenoxy) is 4. The highest BCUT2D eigenvalue weighted by Crippen LogP contribution is 2.28. The lowest BCUT2D eigenvalue weighted by molar-refractivity contribution is 0.0743. The van der Waals surface area contributed by atoms with E-state index < -0.39 is 6.10 Å². The molecule has 7 heteroatoms. The van der Waals surface area contributed by atoms with Crippen LogP contribution in [0.4, 0.5) is 0 Å². The van der Waals surface area contributed by atoms with Crippen molar-refractivity contribution in [2.24, 2.45) is 0 Å². The maximum atomic E-state index is 10.3. The van der Waals surface area contributed by atoms with Crippen LogP contribution in [-0.4, -0.2) is 68.8 Å². The number of rotatable bonds is 12. The van der Waals surface area contributed by atoms with Gasteiger partial charge in [-0.25, -0.2) is 0 Å². The molecule has 7 nitrogen and oxygen atoms in total. The Balaban J connectivity index is 1.84. The average molecular weight is 391 g/mol. The molecule has 2 aromatic rings. The van der Waals surface area contributed by atoms with Crippen LogP contribution < -0.4 is 18.9 Å². The third-order valence-electron chi connectivity index (χ3n) is 4.04. The van der Waals surface area contributed by atoms with Crippen molar-refractivity contribution in [3.8, 4) is 23.0 Å². The Kier molecular flexibility index (Phi) is 8.87. The number of hydrogen-bond donors (Lipinski definition) is 2. The minimum Gasteiger partial charge on any atom is -0.497 e. The summed E-state index contributed by atoms with van der Waals surface area (Å²) in [5.74, 6) is 2.57. The summed E-state index contributed by atoms with van der Waals surface area (Å²) in [6.45, 7) is 1.44. The van der Waals surface area contributed by atoms with E-state index >= 15 is 0 Å². The molecule has 28 heavy (non-hydrogen) atoms. The zero-order chi connectivity index (χ0) is 20.4. The molecule has 0 bridgehead atoms. The Morgan fingerprint density at radius 3 is 2.46 bits per heavy atom. The second-order valence-corrected chi connectivity index (χ2v) is 6.40. The van der Waals surface area contributed by atoms with E-state index in [0.29, 0.717) is 36.1 Å². The third kappa shape index (κ3) is 6.92. The van der Waals surface area contributed by atoms with Gasteiger partial charge >= 0.3 is 0 Å². The van der Waals surface area contributed by atoms with Crippen molar-refractivity contribution < 1.29 is 29.2 Å². The largest absolute Gasteiger partial charge is 0.497 e. The van der Waals surface area contributed by atoms with Crippen molar-refractivity contribution in [2.45, 2.75) is 12.6 Å². The monoisotopic (exact) mass is 391 g/mol. The molecule has 0 aliphatic carbocycles. The van der Waals surface area contributed by atoms with Crippen LogP contribution in [0.1, 0.15) is 5.56 Å². The fraction of sp³-hybridized carbons (Fsp3) is 0.429. The molecule has 0 fully saturated rings. The molecular formula is C21H29NO6. The molecule has 0 amide bonds.